The number of benzene rings is 2. The first-order valence-electron chi connectivity index (χ1n) is 8.94. The van der Waals surface area contributed by atoms with Gasteiger partial charge < -0.3 is 5.32 Å². The van der Waals surface area contributed by atoms with Gasteiger partial charge in [-0.25, -0.2) is 0 Å². The standard InChI is InChI=1S/C21H23ClN2O2/c22-19-8-6-17(7-9-19)21(26)18-10-12-24(13-11-18)15-20(25)23-14-16-4-2-1-3-5-16/h1-9,18H,10-15H2,(H,23,25). The van der Waals surface area contributed by atoms with E-state index in [1.165, 1.54) is 0 Å². The smallest absolute Gasteiger partial charge is 0.234 e. The van der Waals surface area contributed by atoms with Crippen molar-refractivity contribution in [2.75, 3.05) is 19.6 Å². The maximum Gasteiger partial charge on any atom is 0.234 e. The summed E-state index contributed by atoms with van der Waals surface area (Å²) >= 11 is 5.88. The lowest BCUT2D eigenvalue weighted by Gasteiger charge is -2.30. The molecule has 2 aromatic carbocycles. The van der Waals surface area contributed by atoms with E-state index in [1.54, 1.807) is 24.3 Å². The Morgan fingerprint density at radius 3 is 2.31 bits per heavy atom. The number of nitrogens with zero attached hydrogens (tertiary/aromatic N) is 1. The average Bonchev–Trinajstić information content (AvgIpc) is 2.68. The maximum atomic E-state index is 12.6. The summed E-state index contributed by atoms with van der Waals surface area (Å²) in [6.07, 6.45) is 1.57. The van der Waals surface area contributed by atoms with Crippen LogP contribution in [0.2, 0.25) is 5.02 Å². The number of hydrogen-bond donors (Lipinski definition) is 1. The molecule has 0 saturated carbocycles. The second-order valence-electron chi connectivity index (χ2n) is 6.68. The van der Waals surface area contributed by atoms with E-state index in [0.717, 1.165) is 31.5 Å². The van der Waals surface area contributed by atoms with E-state index in [4.69, 9.17) is 11.6 Å². The molecular weight excluding hydrogens is 348 g/mol. The quantitative estimate of drug-likeness (QED) is 0.791. The molecule has 4 nitrogen and oxygen atoms in total. The molecule has 1 N–H and O–H groups in total. The van der Waals surface area contributed by atoms with Gasteiger partial charge in [-0.15, -0.1) is 0 Å². The van der Waals surface area contributed by atoms with Crippen molar-refractivity contribution in [1.82, 2.24) is 10.2 Å². The number of carbonyl (C=O) groups excluding carboxylic acids is 2. The highest BCUT2D eigenvalue weighted by Crippen LogP contribution is 2.22. The van der Waals surface area contributed by atoms with E-state index in [0.29, 0.717) is 23.7 Å². The minimum atomic E-state index is 0.0244. The number of Topliss-reactive ketones (excluding diaryl/α,β-unsaturated/α-hetero) is 1. The third kappa shape index (κ3) is 5.16. The van der Waals surface area contributed by atoms with Crippen LogP contribution in [0.15, 0.2) is 54.6 Å². The molecule has 26 heavy (non-hydrogen) atoms. The minimum absolute atomic E-state index is 0.0244. The molecule has 3 rings (SSSR count). The number of halogens is 1. The third-order valence-corrected chi connectivity index (χ3v) is 5.04. The molecule has 0 radical (unpaired) electrons. The molecule has 0 aromatic heterocycles. The zero-order valence-corrected chi connectivity index (χ0v) is 15.4. The van der Waals surface area contributed by atoms with Crippen molar-refractivity contribution in [3.8, 4) is 0 Å². The van der Waals surface area contributed by atoms with E-state index >= 15 is 0 Å². The lowest BCUT2D eigenvalue weighted by molar-refractivity contribution is -0.122. The molecule has 1 fully saturated rings. The monoisotopic (exact) mass is 370 g/mol. The fourth-order valence-corrected chi connectivity index (χ4v) is 3.38. The summed E-state index contributed by atoms with van der Waals surface area (Å²) in [5.74, 6) is 0.228. The molecule has 0 atom stereocenters. The molecule has 136 valence electrons. The van der Waals surface area contributed by atoms with Crippen molar-refractivity contribution < 1.29 is 9.59 Å². The van der Waals surface area contributed by atoms with Gasteiger partial charge in [0, 0.05) is 23.0 Å². The predicted octanol–water partition coefficient (Wildman–Crippen LogP) is 3.55. The second kappa shape index (κ2) is 8.97. The lowest BCUT2D eigenvalue weighted by Crippen LogP contribution is -2.42. The summed E-state index contributed by atoms with van der Waals surface area (Å²) in [4.78, 5) is 26.8. The summed E-state index contributed by atoms with van der Waals surface area (Å²) in [7, 11) is 0. The van der Waals surface area contributed by atoms with E-state index in [2.05, 4.69) is 10.2 Å². The summed E-state index contributed by atoms with van der Waals surface area (Å²) in [5, 5.41) is 3.59. The molecule has 5 heteroatoms. The molecule has 0 unspecified atom stereocenters. The Labute approximate surface area is 159 Å². The number of nitrogens with one attached hydrogen (secondary N) is 1. The van der Waals surface area contributed by atoms with Crippen LogP contribution >= 0.6 is 11.6 Å². The first-order chi connectivity index (χ1) is 12.6. The van der Waals surface area contributed by atoms with Gasteiger partial charge in [0.05, 0.1) is 6.54 Å². The normalized spacial score (nSPS) is 15.6. The van der Waals surface area contributed by atoms with Crippen LogP contribution < -0.4 is 5.32 Å². The number of piperidine rings is 1. The van der Waals surface area contributed by atoms with Crippen LogP contribution in [0.25, 0.3) is 0 Å². The lowest BCUT2D eigenvalue weighted by atomic mass is 9.89. The number of hydrogen-bond acceptors (Lipinski definition) is 3. The van der Waals surface area contributed by atoms with Crippen molar-refractivity contribution in [1.29, 1.82) is 0 Å². The number of likely N-dealkylation sites (tertiary alicyclic amines) is 1. The number of rotatable bonds is 6. The Kier molecular flexibility index (Phi) is 6.42. The van der Waals surface area contributed by atoms with Gasteiger partial charge in [0.2, 0.25) is 5.91 Å². The Morgan fingerprint density at radius 1 is 1.00 bits per heavy atom. The van der Waals surface area contributed by atoms with Crippen molar-refractivity contribution in [2.24, 2.45) is 5.92 Å². The molecular formula is C21H23ClN2O2. The van der Waals surface area contributed by atoms with Gasteiger partial charge in [-0.2, -0.15) is 0 Å². The third-order valence-electron chi connectivity index (χ3n) is 4.79. The Balaban J connectivity index is 1.42. The Morgan fingerprint density at radius 2 is 1.65 bits per heavy atom. The molecule has 0 aliphatic carbocycles. The van der Waals surface area contributed by atoms with Crippen molar-refractivity contribution in [3.63, 3.8) is 0 Å². The van der Waals surface area contributed by atoms with E-state index in [1.807, 2.05) is 30.3 Å². The minimum Gasteiger partial charge on any atom is -0.351 e. The van der Waals surface area contributed by atoms with Gasteiger partial charge in [-0.1, -0.05) is 41.9 Å². The molecule has 1 heterocycles. The summed E-state index contributed by atoms with van der Waals surface area (Å²) in [6.45, 7) is 2.46. The zero-order valence-electron chi connectivity index (χ0n) is 14.7. The van der Waals surface area contributed by atoms with E-state index < -0.39 is 0 Å². The molecule has 0 spiro atoms. The van der Waals surface area contributed by atoms with Gasteiger partial charge in [-0.05, 0) is 55.8 Å². The van der Waals surface area contributed by atoms with Crippen LogP contribution in [0.5, 0.6) is 0 Å². The van der Waals surface area contributed by atoms with Crippen LogP contribution in [-0.2, 0) is 11.3 Å². The molecule has 1 aliphatic rings. The first-order valence-corrected chi connectivity index (χ1v) is 9.32. The van der Waals surface area contributed by atoms with Crippen LogP contribution in [0.4, 0.5) is 0 Å². The average molecular weight is 371 g/mol. The van der Waals surface area contributed by atoms with Crippen molar-refractivity contribution in [2.45, 2.75) is 19.4 Å². The topological polar surface area (TPSA) is 49.4 Å². The maximum absolute atomic E-state index is 12.6. The van der Waals surface area contributed by atoms with Crippen LogP contribution in [0.3, 0.4) is 0 Å². The van der Waals surface area contributed by atoms with Gasteiger partial charge in [-0.3, -0.25) is 14.5 Å². The van der Waals surface area contributed by atoms with Crippen molar-refractivity contribution in [3.05, 3.63) is 70.7 Å². The van der Waals surface area contributed by atoms with E-state index in [-0.39, 0.29) is 17.6 Å². The fraction of sp³-hybridized carbons (Fsp3) is 0.333. The van der Waals surface area contributed by atoms with Gasteiger partial charge in [0.1, 0.15) is 0 Å². The second-order valence-corrected chi connectivity index (χ2v) is 7.12. The Hall–Kier alpha value is -2.17. The largest absolute Gasteiger partial charge is 0.351 e. The summed E-state index contributed by atoms with van der Waals surface area (Å²) in [5.41, 5.74) is 1.81. The highest BCUT2D eigenvalue weighted by molar-refractivity contribution is 6.30. The van der Waals surface area contributed by atoms with Crippen molar-refractivity contribution >= 4 is 23.3 Å². The van der Waals surface area contributed by atoms with Crippen LogP contribution in [0.1, 0.15) is 28.8 Å². The van der Waals surface area contributed by atoms with E-state index in [9.17, 15) is 9.59 Å². The predicted molar refractivity (Wildman–Crippen MR) is 103 cm³/mol. The van der Waals surface area contributed by atoms with Gasteiger partial charge in [0.25, 0.3) is 0 Å². The SMILES string of the molecule is O=C(CN1CCC(C(=O)c2ccc(Cl)cc2)CC1)NCc1ccccc1. The summed E-state index contributed by atoms with van der Waals surface area (Å²) < 4.78 is 0. The van der Waals surface area contributed by atoms with Crippen LogP contribution in [0, 0.1) is 5.92 Å². The molecule has 0 bridgehead atoms. The van der Waals surface area contributed by atoms with Crippen LogP contribution in [-0.4, -0.2) is 36.2 Å². The molecule has 1 saturated heterocycles. The summed E-state index contributed by atoms with van der Waals surface area (Å²) in [6, 6.07) is 16.9. The number of ketones is 1. The Bertz CT molecular complexity index is 738. The highest BCUT2D eigenvalue weighted by Gasteiger charge is 2.26. The van der Waals surface area contributed by atoms with Gasteiger partial charge >= 0.3 is 0 Å². The molecule has 1 amide bonds. The number of carbonyl (C=O) groups is 2. The fourth-order valence-electron chi connectivity index (χ4n) is 3.26. The molecule has 1 aliphatic heterocycles. The zero-order chi connectivity index (χ0) is 18.4. The number of amides is 1. The highest BCUT2D eigenvalue weighted by atomic mass is 35.5. The molecule has 2 aromatic rings. The van der Waals surface area contributed by atoms with Gasteiger partial charge in [0.15, 0.2) is 5.78 Å². The first kappa shape index (κ1) is 18.6.